The zero-order valence-corrected chi connectivity index (χ0v) is 9.68. The Morgan fingerprint density at radius 3 is 2.58 bits per heavy atom. The molecule has 19 heavy (non-hydrogen) atoms. The Morgan fingerprint density at radius 1 is 1.32 bits per heavy atom. The second kappa shape index (κ2) is 3.72. The van der Waals surface area contributed by atoms with Crippen molar-refractivity contribution < 1.29 is 18.8 Å². The number of hydrogen-bond acceptors (Lipinski definition) is 7. The molecular weight excluding hydrogens is 252 g/mol. The number of nitro groups is 1. The number of hydrogen-bond donors (Lipinski definition) is 0. The first-order valence-corrected chi connectivity index (χ1v) is 5.79. The fourth-order valence-electron chi connectivity index (χ4n) is 2.08. The van der Waals surface area contributed by atoms with E-state index in [1.165, 1.54) is 12.1 Å². The minimum absolute atomic E-state index is 0.00494. The molecule has 0 amide bonds. The SMILES string of the molecule is O=[N+]([O-])c1ccc2onc(N(B3CO3)B3CO3)c2c1. The van der Waals surface area contributed by atoms with Crippen molar-refractivity contribution in [3.05, 3.63) is 28.3 Å². The summed E-state index contributed by atoms with van der Waals surface area (Å²) in [5.74, 6) is 0.531. The van der Waals surface area contributed by atoms with E-state index in [9.17, 15) is 10.1 Å². The highest BCUT2D eigenvalue weighted by Crippen LogP contribution is 2.34. The minimum atomic E-state index is -0.443. The number of fused-ring (bicyclic) bond motifs is 1. The van der Waals surface area contributed by atoms with Crippen molar-refractivity contribution in [2.45, 2.75) is 0 Å². The van der Waals surface area contributed by atoms with Gasteiger partial charge in [0.05, 0.1) is 23.3 Å². The highest BCUT2D eigenvalue weighted by atomic mass is 16.6. The molecule has 2 fully saturated rings. The van der Waals surface area contributed by atoms with Gasteiger partial charge in [0, 0.05) is 12.1 Å². The molecule has 0 unspecified atom stereocenters. The van der Waals surface area contributed by atoms with Gasteiger partial charge in [-0.05, 0) is 6.07 Å². The molecule has 4 rings (SSSR count). The van der Waals surface area contributed by atoms with Crippen molar-refractivity contribution in [2.24, 2.45) is 0 Å². The Balaban J connectivity index is 1.83. The molecule has 0 radical (unpaired) electrons. The molecule has 1 aromatic carbocycles. The third kappa shape index (κ3) is 1.76. The summed E-state index contributed by atoms with van der Waals surface area (Å²) < 4.78 is 17.6. The van der Waals surface area contributed by atoms with Crippen LogP contribution in [0.4, 0.5) is 11.5 Å². The van der Waals surface area contributed by atoms with Gasteiger partial charge in [-0.15, -0.1) is 0 Å². The van der Waals surface area contributed by atoms with Crippen LogP contribution in [0.5, 0.6) is 0 Å². The molecule has 1 aromatic heterocycles. The molecule has 10 heteroatoms. The molecule has 0 aliphatic carbocycles. The van der Waals surface area contributed by atoms with Crippen molar-refractivity contribution in [2.75, 3.05) is 17.7 Å². The van der Waals surface area contributed by atoms with Gasteiger partial charge >= 0.3 is 14.1 Å². The highest BCUT2D eigenvalue weighted by Gasteiger charge is 2.51. The molecule has 0 saturated carbocycles. The van der Waals surface area contributed by atoms with Crippen LogP contribution in [0.25, 0.3) is 11.0 Å². The Labute approximate surface area is 107 Å². The lowest BCUT2D eigenvalue weighted by atomic mass is 9.76. The average molecular weight is 259 g/mol. The summed E-state index contributed by atoms with van der Waals surface area (Å²) in [4.78, 5) is 10.4. The van der Waals surface area contributed by atoms with E-state index in [0.717, 1.165) is 0 Å². The van der Waals surface area contributed by atoms with Gasteiger partial charge in [0.15, 0.2) is 11.4 Å². The number of anilines is 1. The molecule has 0 N–H and O–H groups in total. The largest absolute Gasteiger partial charge is 0.431 e. The van der Waals surface area contributed by atoms with Gasteiger partial charge in [-0.3, -0.25) is 10.1 Å². The number of benzene rings is 1. The van der Waals surface area contributed by atoms with Crippen LogP contribution in [-0.4, -0.2) is 37.2 Å². The maximum atomic E-state index is 10.8. The third-order valence-electron chi connectivity index (χ3n) is 3.14. The fourth-order valence-corrected chi connectivity index (χ4v) is 2.08. The molecular formula is C9H7B2N3O5. The van der Waals surface area contributed by atoms with Gasteiger partial charge in [-0.25, -0.2) is 0 Å². The van der Waals surface area contributed by atoms with Crippen LogP contribution in [0.2, 0.25) is 0 Å². The van der Waals surface area contributed by atoms with E-state index < -0.39 is 4.92 Å². The maximum Gasteiger partial charge on any atom is 0.431 e. The van der Waals surface area contributed by atoms with Crippen molar-refractivity contribution in [3.8, 4) is 0 Å². The van der Waals surface area contributed by atoms with Gasteiger partial charge < -0.3 is 18.6 Å². The smallest absolute Gasteiger partial charge is 0.418 e. The summed E-state index contributed by atoms with van der Waals surface area (Å²) in [5.41, 5.74) is 0.511. The van der Waals surface area contributed by atoms with Gasteiger partial charge in [-0.1, -0.05) is 5.16 Å². The number of aromatic nitrogens is 1. The molecule has 0 spiro atoms. The summed E-state index contributed by atoms with van der Waals surface area (Å²) in [6.45, 7) is 1.20. The van der Waals surface area contributed by atoms with Gasteiger partial charge in [0.1, 0.15) is 0 Å². The molecule has 2 aliphatic heterocycles. The topological polar surface area (TPSA) is 97.5 Å². The number of non-ortho nitro benzene ring substituents is 1. The van der Waals surface area contributed by atoms with E-state index in [1.807, 2.05) is 4.72 Å². The first kappa shape index (κ1) is 10.8. The standard InChI is InChI=1S/C9H7B2N3O5/c15-14(16)6-1-2-8-7(3-6)9(12-19-8)13(10-4-17-10)11-5-18-11/h1-3H,4-5H2. The molecule has 0 bridgehead atoms. The first-order chi connectivity index (χ1) is 9.24. The highest BCUT2D eigenvalue weighted by molar-refractivity contribution is 6.84. The van der Waals surface area contributed by atoms with Gasteiger partial charge in [-0.2, -0.15) is 0 Å². The predicted octanol–water partition coefficient (Wildman–Crippen LogP) is 0.658. The summed E-state index contributed by atoms with van der Waals surface area (Å²) in [6, 6.07) is 4.39. The van der Waals surface area contributed by atoms with E-state index in [-0.39, 0.29) is 19.8 Å². The average Bonchev–Trinajstić information content (AvgIpc) is 3.29. The Morgan fingerprint density at radius 2 is 2.00 bits per heavy atom. The zero-order valence-electron chi connectivity index (χ0n) is 9.68. The molecule has 3 heterocycles. The van der Waals surface area contributed by atoms with Crippen LogP contribution < -0.4 is 4.72 Å². The van der Waals surface area contributed by atoms with Crippen LogP contribution in [-0.2, 0) is 9.31 Å². The van der Waals surface area contributed by atoms with E-state index >= 15 is 0 Å². The van der Waals surface area contributed by atoms with E-state index in [0.29, 0.717) is 29.8 Å². The molecule has 2 aliphatic rings. The summed E-state index contributed by atoms with van der Waals surface area (Å²) in [6.07, 6.45) is 0. The van der Waals surface area contributed by atoms with E-state index in [4.69, 9.17) is 13.8 Å². The Hall–Kier alpha value is -2.06. The number of rotatable bonds is 4. The predicted molar refractivity (Wildman–Crippen MR) is 66.6 cm³/mol. The lowest BCUT2D eigenvalue weighted by molar-refractivity contribution is -0.384. The molecule has 94 valence electrons. The third-order valence-corrected chi connectivity index (χ3v) is 3.14. The van der Waals surface area contributed by atoms with Crippen LogP contribution in [0.15, 0.2) is 22.7 Å². The van der Waals surface area contributed by atoms with Crippen LogP contribution in [0.1, 0.15) is 0 Å². The normalized spacial score (nSPS) is 16.8. The van der Waals surface area contributed by atoms with Crippen molar-refractivity contribution >= 4 is 36.6 Å². The summed E-state index contributed by atoms with van der Waals surface area (Å²) in [7, 11) is -0.167. The maximum absolute atomic E-state index is 10.8. The second-order valence-corrected chi connectivity index (χ2v) is 4.43. The first-order valence-electron chi connectivity index (χ1n) is 5.79. The lowest BCUT2D eigenvalue weighted by Gasteiger charge is -2.13. The van der Waals surface area contributed by atoms with Crippen molar-refractivity contribution in [1.82, 2.24) is 5.16 Å². The van der Waals surface area contributed by atoms with Crippen LogP contribution in [0.3, 0.4) is 0 Å². The molecule has 0 atom stereocenters. The molecule has 2 aromatic rings. The van der Waals surface area contributed by atoms with Crippen LogP contribution in [0, 0.1) is 10.1 Å². The fraction of sp³-hybridized carbons (Fsp3) is 0.222. The lowest BCUT2D eigenvalue weighted by Crippen LogP contribution is -2.37. The van der Waals surface area contributed by atoms with Crippen molar-refractivity contribution in [3.63, 3.8) is 0 Å². The summed E-state index contributed by atoms with van der Waals surface area (Å²) >= 11 is 0. The van der Waals surface area contributed by atoms with Gasteiger partial charge in [0.25, 0.3) is 5.69 Å². The second-order valence-electron chi connectivity index (χ2n) is 4.43. The van der Waals surface area contributed by atoms with Gasteiger partial charge in [0.2, 0.25) is 0 Å². The summed E-state index contributed by atoms with van der Waals surface area (Å²) in [5, 5.41) is 15.4. The Bertz CT molecular complexity index is 657. The van der Waals surface area contributed by atoms with Crippen molar-refractivity contribution in [1.29, 1.82) is 0 Å². The Kier molecular flexibility index (Phi) is 2.12. The number of nitro benzene ring substituents is 1. The minimum Gasteiger partial charge on any atom is -0.418 e. The number of nitrogens with zero attached hydrogens (tertiary/aromatic N) is 3. The monoisotopic (exact) mass is 259 g/mol. The molecule has 2 saturated heterocycles. The van der Waals surface area contributed by atoms with E-state index in [2.05, 4.69) is 5.16 Å². The zero-order chi connectivity index (χ0) is 13.0. The quantitative estimate of drug-likeness (QED) is 0.344. The molecule has 8 nitrogen and oxygen atoms in total. The van der Waals surface area contributed by atoms with Crippen LogP contribution >= 0.6 is 0 Å². The van der Waals surface area contributed by atoms with E-state index in [1.54, 1.807) is 6.07 Å².